The average Bonchev–Trinajstić information content (AvgIpc) is 3.16. The smallest absolute Gasteiger partial charge is 0.231 e. The fourth-order valence-electron chi connectivity index (χ4n) is 4.54. The molecule has 0 aliphatic carbocycles. The molecule has 0 bridgehead atoms. The molecule has 3 aliphatic rings. The van der Waals surface area contributed by atoms with E-state index < -0.39 is 0 Å². The highest BCUT2D eigenvalue weighted by atomic mass is 16.7. The SMILES string of the molecule is CC(C)CC(=O)N1CCC[C@@H](N2CCN(Cc3ccc4c(c3)OCO4)CC2)C1. The fourth-order valence-corrected chi connectivity index (χ4v) is 4.54. The predicted octanol–water partition coefficient (Wildman–Crippen LogP) is 2.57. The first-order chi connectivity index (χ1) is 13.6. The van der Waals surface area contributed by atoms with Crippen molar-refractivity contribution < 1.29 is 14.3 Å². The summed E-state index contributed by atoms with van der Waals surface area (Å²) < 4.78 is 10.9. The first kappa shape index (κ1) is 19.5. The van der Waals surface area contributed by atoms with Gasteiger partial charge in [-0.25, -0.2) is 0 Å². The zero-order valence-electron chi connectivity index (χ0n) is 17.2. The lowest BCUT2D eigenvalue weighted by Gasteiger charge is -2.43. The van der Waals surface area contributed by atoms with Gasteiger partial charge in [-0.3, -0.25) is 14.6 Å². The molecule has 0 spiro atoms. The number of nitrogens with zero attached hydrogens (tertiary/aromatic N) is 3. The van der Waals surface area contributed by atoms with Crippen LogP contribution in [0.3, 0.4) is 0 Å². The third kappa shape index (κ3) is 4.61. The number of amides is 1. The molecule has 28 heavy (non-hydrogen) atoms. The van der Waals surface area contributed by atoms with E-state index in [9.17, 15) is 4.79 Å². The van der Waals surface area contributed by atoms with Gasteiger partial charge in [-0.05, 0) is 36.5 Å². The lowest BCUT2D eigenvalue weighted by Crippen LogP contribution is -2.55. The summed E-state index contributed by atoms with van der Waals surface area (Å²) in [6.45, 7) is 11.7. The van der Waals surface area contributed by atoms with Gasteiger partial charge in [-0.15, -0.1) is 0 Å². The molecule has 1 atom stereocenters. The number of fused-ring (bicyclic) bond motifs is 1. The Morgan fingerprint density at radius 3 is 2.68 bits per heavy atom. The van der Waals surface area contributed by atoms with E-state index >= 15 is 0 Å². The number of carbonyl (C=O) groups excluding carboxylic acids is 1. The Bertz CT molecular complexity index is 686. The Kier molecular flexibility index (Phi) is 6.07. The summed E-state index contributed by atoms with van der Waals surface area (Å²) in [5.41, 5.74) is 1.28. The van der Waals surface area contributed by atoms with Crippen molar-refractivity contribution in [3.8, 4) is 11.5 Å². The first-order valence-electron chi connectivity index (χ1n) is 10.7. The quantitative estimate of drug-likeness (QED) is 0.777. The number of ether oxygens (including phenoxy) is 2. The number of carbonyl (C=O) groups is 1. The highest BCUT2D eigenvalue weighted by Crippen LogP contribution is 2.33. The van der Waals surface area contributed by atoms with Crippen LogP contribution in [-0.2, 0) is 11.3 Å². The fraction of sp³-hybridized carbons (Fsp3) is 0.682. The molecule has 3 heterocycles. The van der Waals surface area contributed by atoms with Crippen LogP contribution in [-0.4, -0.2) is 72.7 Å². The van der Waals surface area contributed by atoms with E-state index in [1.807, 2.05) is 6.07 Å². The largest absolute Gasteiger partial charge is 0.454 e. The molecule has 0 radical (unpaired) electrons. The number of piperazine rings is 1. The summed E-state index contributed by atoms with van der Waals surface area (Å²) >= 11 is 0. The number of benzene rings is 1. The van der Waals surface area contributed by atoms with Gasteiger partial charge in [-0.2, -0.15) is 0 Å². The minimum absolute atomic E-state index is 0.329. The molecule has 2 saturated heterocycles. The van der Waals surface area contributed by atoms with E-state index in [4.69, 9.17) is 9.47 Å². The third-order valence-electron chi connectivity index (χ3n) is 6.10. The van der Waals surface area contributed by atoms with Crippen molar-refractivity contribution in [2.75, 3.05) is 46.1 Å². The van der Waals surface area contributed by atoms with Crippen molar-refractivity contribution in [1.82, 2.24) is 14.7 Å². The Hall–Kier alpha value is -1.79. The van der Waals surface area contributed by atoms with Crippen molar-refractivity contribution in [1.29, 1.82) is 0 Å². The number of hydrogen-bond acceptors (Lipinski definition) is 5. The highest BCUT2D eigenvalue weighted by Gasteiger charge is 2.30. The van der Waals surface area contributed by atoms with Crippen LogP contribution < -0.4 is 9.47 Å². The van der Waals surface area contributed by atoms with Crippen LogP contribution in [0, 0.1) is 5.92 Å². The molecular formula is C22H33N3O3. The van der Waals surface area contributed by atoms with E-state index in [-0.39, 0.29) is 0 Å². The van der Waals surface area contributed by atoms with Crippen molar-refractivity contribution in [2.45, 2.75) is 45.7 Å². The molecule has 0 unspecified atom stereocenters. The molecule has 1 aromatic carbocycles. The van der Waals surface area contributed by atoms with Crippen LogP contribution in [0.25, 0.3) is 0 Å². The van der Waals surface area contributed by atoms with Crippen LogP contribution in [0.4, 0.5) is 0 Å². The van der Waals surface area contributed by atoms with Crippen molar-refractivity contribution in [2.24, 2.45) is 5.92 Å². The number of hydrogen-bond donors (Lipinski definition) is 0. The van der Waals surface area contributed by atoms with Crippen LogP contribution in [0.15, 0.2) is 18.2 Å². The average molecular weight is 388 g/mol. The maximum atomic E-state index is 12.5. The molecule has 6 heteroatoms. The lowest BCUT2D eigenvalue weighted by atomic mass is 10.0. The van der Waals surface area contributed by atoms with Gasteiger partial charge in [0.1, 0.15) is 0 Å². The van der Waals surface area contributed by atoms with Crippen molar-refractivity contribution >= 4 is 5.91 Å². The number of piperidine rings is 1. The number of rotatable bonds is 5. The molecule has 2 fully saturated rings. The molecule has 154 valence electrons. The second-order valence-corrected chi connectivity index (χ2v) is 8.73. The Labute approximate surface area is 168 Å². The molecule has 0 aromatic heterocycles. The van der Waals surface area contributed by atoms with Gasteiger partial charge in [0, 0.05) is 58.3 Å². The maximum Gasteiger partial charge on any atom is 0.231 e. The van der Waals surface area contributed by atoms with Crippen molar-refractivity contribution in [3.05, 3.63) is 23.8 Å². The van der Waals surface area contributed by atoms with E-state index in [2.05, 4.69) is 40.7 Å². The molecule has 1 aromatic rings. The minimum atomic E-state index is 0.329. The van der Waals surface area contributed by atoms with Crippen LogP contribution >= 0.6 is 0 Å². The molecule has 3 aliphatic heterocycles. The summed E-state index contributed by atoms with van der Waals surface area (Å²) in [4.78, 5) is 19.7. The van der Waals surface area contributed by atoms with Crippen molar-refractivity contribution in [3.63, 3.8) is 0 Å². The molecule has 1 amide bonds. The van der Waals surface area contributed by atoms with Crippen LogP contribution in [0.5, 0.6) is 11.5 Å². The Balaban J connectivity index is 1.26. The Morgan fingerprint density at radius 1 is 1.11 bits per heavy atom. The summed E-state index contributed by atoms with van der Waals surface area (Å²) in [7, 11) is 0. The lowest BCUT2D eigenvalue weighted by molar-refractivity contribution is -0.134. The van der Waals surface area contributed by atoms with Gasteiger partial charge in [0.15, 0.2) is 11.5 Å². The monoisotopic (exact) mass is 387 g/mol. The van der Waals surface area contributed by atoms with Gasteiger partial charge in [-0.1, -0.05) is 19.9 Å². The van der Waals surface area contributed by atoms with Gasteiger partial charge in [0.25, 0.3) is 0 Å². The van der Waals surface area contributed by atoms with E-state index in [1.165, 1.54) is 12.0 Å². The van der Waals surface area contributed by atoms with Gasteiger partial charge < -0.3 is 14.4 Å². The predicted molar refractivity (Wildman–Crippen MR) is 108 cm³/mol. The van der Waals surface area contributed by atoms with E-state index in [1.54, 1.807) is 0 Å². The molecular weight excluding hydrogens is 354 g/mol. The maximum absolute atomic E-state index is 12.5. The third-order valence-corrected chi connectivity index (χ3v) is 6.10. The highest BCUT2D eigenvalue weighted by molar-refractivity contribution is 5.76. The molecule has 6 nitrogen and oxygen atoms in total. The standard InChI is InChI=1S/C22H33N3O3/c1-17(2)12-22(26)25-7-3-4-19(15-25)24-10-8-23(9-11-24)14-18-5-6-20-21(13-18)28-16-27-20/h5-6,13,17,19H,3-4,7-12,14-16H2,1-2H3/t19-/m1/s1. The van der Waals surface area contributed by atoms with Gasteiger partial charge in [0.05, 0.1) is 0 Å². The summed E-state index contributed by atoms with van der Waals surface area (Å²) in [6, 6.07) is 6.78. The van der Waals surface area contributed by atoms with Crippen LogP contribution in [0.1, 0.15) is 38.7 Å². The summed E-state index contributed by atoms with van der Waals surface area (Å²) in [5, 5.41) is 0. The summed E-state index contributed by atoms with van der Waals surface area (Å²) in [6.07, 6.45) is 3.02. The zero-order chi connectivity index (χ0) is 19.5. The van der Waals surface area contributed by atoms with E-state index in [0.29, 0.717) is 31.1 Å². The normalized spacial score (nSPS) is 23.4. The number of likely N-dealkylation sites (tertiary alicyclic amines) is 1. The second kappa shape index (κ2) is 8.70. The first-order valence-corrected chi connectivity index (χ1v) is 10.7. The van der Waals surface area contributed by atoms with Gasteiger partial charge in [0.2, 0.25) is 12.7 Å². The Morgan fingerprint density at radius 2 is 1.89 bits per heavy atom. The molecule has 0 saturated carbocycles. The second-order valence-electron chi connectivity index (χ2n) is 8.73. The zero-order valence-corrected chi connectivity index (χ0v) is 17.2. The molecule has 0 N–H and O–H groups in total. The minimum Gasteiger partial charge on any atom is -0.454 e. The van der Waals surface area contributed by atoms with Crippen LogP contribution in [0.2, 0.25) is 0 Å². The van der Waals surface area contributed by atoms with Gasteiger partial charge >= 0.3 is 0 Å². The molecule has 4 rings (SSSR count). The topological polar surface area (TPSA) is 45.3 Å². The van der Waals surface area contributed by atoms with E-state index in [0.717, 1.165) is 63.7 Å². The summed E-state index contributed by atoms with van der Waals surface area (Å²) in [5.74, 6) is 2.49.